The monoisotopic (exact) mass is 577 g/mol. The summed E-state index contributed by atoms with van der Waals surface area (Å²) in [5, 5.41) is 2.08. The smallest absolute Gasteiger partial charge is 0.244 e. The molecule has 180 valence electrons. The lowest BCUT2D eigenvalue weighted by atomic mass is 10.2. The van der Waals surface area contributed by atoms with Gasteiger partial charge in [-0.05, 0) is 12.1 Å². The standard InChI is InChI=1S/C21H24ClN3O5S2.BrH/c1-24(2)32(26,27)19-9-13(7-8-15(19)22)16-12-31-21(25(16)3)23-14-10-17(28-4)20(30-6)18(11-14)29-5;/h7-12H,1-6H3;1H/b23-21+;. The summed E-state index contributed by atoms with van der Waals surface area (Å²) in [4.78, 5) is 5.46. The van der Waals surface area contributed by atoms with E-state index in [-0.39, 0.29) is 26.9 Å². The molecule has 0 bridgehead atoms. The summed E-state index contributed by atoms with van der Waals surface area (Å²) in [6.45, 7) is 0. The summed E-state index contributed by atoms with van der Waals surface area (Å²) in [6, 6.07) is 8.45. The van der Waals surface area contributed by atoms with Crippen molar-refractivity contribution in [3.05, 3.63) is 45.5 Å². The second-order valence-corrected chi connectivity index (χ2v) is 10.3. The SMILES string of the molecule is Br.COc1cc(/N=c2/scc(-c3ccc(Cl)c(S(=O)(=O)N(C)C)c3)n2C)cc(OC)c1OC. The molecule has 0 N–H and O–H groups in total. The van der Waals surface area contributed by atoms with Crippen LogP contribution in [0, 0.1) is 0 Å². The average Bonchev–Trinajstić information content (AvgIpc) is 3.13. The van der Waals surface area contributed by atoms with Crippen molar-refractivity contribution in [3.8, 4) is 28.5 Å². The van der Waals surface area contributed by atoms with Crippen molar-refractivity contribution in [3.63, 3.8) is 0 Å². The molecule has 0 aliphatic heterocycles. The van der Waals surface area contributed by atoms with Crippen LogP contribution in [0.1, 0.15) is 0 Å². The summed E-state index contributed by atoms with van der Waals surface area (Å²) in [5.41, 5.74) is 2.13. The Morgan fingerprint density at radius 3 is 2.15 bits per heavy atom. The van der Waals surface area contributed by atoms with Crippen molar-refractivity contribution in [1.29, 1.82) is 0 Å². The van der Waals surface area contributed by atoms with Crippen LogP contribution >= 0.6 is 39.9 Å². The number of thiazole rings is 1. The van der Waals surface area contributed by atoms with Gasteiger partial charge in [0.25, 0.3) is 0 Å². The minimum atomic E-state index is -3.68. The van der Waals surface area contributed by atoms with Crippen LogP contribution in [-0.4, -0.2) is 52.7 Å². The van der Waals surface area contributed by atoms with Crippen LogP contribution in [0.3, 0.4) is 0 Å². The van der Waals surface area contributed by atoms with Crippen molar-refractivity contribution in [2.24, 2.45) is 12.0 Å². The Hall–Kier alpha value is -2.05. The van der Waals surface area contributed by atoms with E-state index in [1.54, 1.807) is 51.7 Å². The van der Waals surface area contributed by atoms with Gasteiger partial charge in [-0.3, -0.25) is 0 Å². The lowest BCUT2D eigenvalue weighted by Gasteiger charge is -2.14. The summed E-state index contributed by atoms with van der Waals surface area (Å²) in [7, 11) is 5.75. The van der Waals surface area contributed by atoms with Gasteiger partial charge in [0.1, 0.15) is 4.90 Å². The van der Waals surface area contributed by atoms with Gasteiger partial charge in [0, 0.05) is 44.2 Å². The number of sulfonamides is 1. The molecule has 0 aliphatic carbocycles. The molecule has 3 aromatic rings. The number of nitrogens with zero attached hydrogens (tertiary/aromatic N) is 3. The number of benzene rings is 2. The fourth-order valence-corrected chi connectivity index (χ4v) is 5.35. The first-order valence-electron chi connectivity index (χ1n) is 9.35. The molecule has 1 heterocycles. The number of rotatable bonds is 7. The second kappa shape index (κ2) is 10.9. The Morgan fingerprint density at radius 1 is 1.03 bits per heavy atom. The van der Waals surface area contributed by atoms with Crippen molar-refractivity contribution >= 4 is 55.6 Å². The van der Waals surface area contributed by atoms with Crippen LogP contribution in [0.25, 0.3) is 11.3 Å². The Labute approximate surface area is 212 Å². The van der Waals surface area contributed by atoms with Crippen LogP contribution in [0.5, 0.6) is 17.2 Å². The molecule has 8 nitrogen and oxygen atoms in total. The van der Waals surface area contributed by atoms with Gasteiger partial charge in [-0.1, -0.05) is 17.7 Å². The summed E-state index contributed by atoms with van der Waals surface area (Å²) < 4.78 is 44.4. The lowest BCUT2D eigenvalue weighted by Crippen LogP contribution is -2.22. The number of hydrogen-bond donors (Lipinski definition) is 0. The highest BCUT2D eigenvalue weighted by Crippen LogP contribution is 2.40. The normalized spacial score (nSPS) is 11.9. The van der Waals surface area contributed by atoms with E-state index in [1.165, 1.54) is 25.4 Å². The largest absolute Gasteiger partial charge is 0.493 e. The molecule has 0 fully saturated rings. The summed E-state index contributed by atoms with van der Waals surface area (Å²) in [5.74, 6) is 1.49. The average molecular weight is 579 g/mol. The van der Waals surface area contributed by atoms with Crippen LogP contribution in [0.15, 0.2) is 45.6 Å². The maximum Gasteiger partial charge on any atom is 0.244 e. The maximum absolute atomic E-state index is 12.6. The molecule has 0 atom stereocenters. The van der Waals surface area contributed by atoms with Gasteiger partial charge in [-0.25, -0.2) is 17.7 Å². The van der Waals surface area contributed by atoms with Gasteiger partial charge < -0.3 is 18.8 Å². The first-order chi connectivity index (χ1) is 15.1. The highest BCUT2D eigenvalue weighted by Gasteiger charge is 2.22. The Morgan fingerprint density at radius 2 is 1.64 bits per heavy atom. The number of halogens is 2. The first-order valence-corrected chi connectivity index (χ1v) is 12.1. The molecule has 0 saturated carbocycles. The molecule has 33 heavy (non-hydrogen) atoms. The molecular weight excluding hydrogens is 554 g/mol. The van der Waals surface area contributed by atoms with Gasteiger partial charge in [-0.2, -0.15) is 0 Å². The maximum atomic E-state index is 12.6. The van der Waals surface area contributed by atoms with Crippen LogP contribution < -0.4 is 19.0 Å². The Balaban J connectivity index is 0.00000385. The molecule has 3 rings (SSSR count). The van der Waals surface area contributed by atoms with E-state index in [0.717, 1.165) is 10.00 Å². The van der Waals surface area contributed by atoms with Gasteiger partial charge in [0.05, 0.1) is 37.7 Å². The zero-order valence-electron chi connectivity index (χ0n) is 18.9. The third-order valence-electron chi connectivity index (χ3n) is 4.78. The predicted molar refractivity (Wildman–Crippen MR) is 136 cm³/mol. The summed E-state index contributed by atoms with van der Waals surface area (Å²) >= 11 is 7.60. The van der Waals surface area contributed by atoms with E-state index in [1.807, 2.05) is 17.0 Å². The van der Waals surface area contributed by atoms with E-state index < -0.39 is 10.0 Å². The molecule has 12 heteroatoms. The van der Waals surface area contributed by atoms with Crippen molar-refractivity contribution in [2.45, 2.75) is 4.90 Å². The van der Waals surface area contributed by atoms with E-state index in [9.17, 15) is 8.42 Å². The molecule has 0 aliphatic rings. The predicted octanol–water partition coefficient (Wildman–Crippen LogP) is 4.49. The second-order valence-electron chi connectivity index (χ2n) is 6.89. The van der Waals surface area contributed by atoms with E-state index in [4.69, 9.17) is 30.8 Å². The number of methoxy groups -OCH3 is 3. The number of aromatic nitrogens is 1. The quantitative estimate of drug-likeness (QED) is 0.413. The van der Waals surface area contributed by atoms with Gasteiger partial charge in [0.15, 0.2) is 16.3 Å². The molecule has 0 saturated heterocycles. The third kappa shape index (κ3) is 5.38. The van der Waals surface area contributed by atoms with Gasteiger partial charge in [-0.15, -0.1) is 28.3 Å². The zero-order valence-corrected chi connectivity index (χ0v) is 23.1. The van der Waals surface area contributed by atoms with Crippen LogP contribution in [-0.2, 0) is 17.1 Å². The minimum Gasteiger partial charge on any atom is -0.493 e. The number of ether oxygens (including phenoxy) is 3. The van der Waals surface area contributed by atoms with Crippen molar-refractivity contribution in [1.82, 2.24) is 8.87 Å². The molecule has 0 spiro atoms. The molecule has 0 amide bonds. The molecule has 1 aromatic heterocycles. The van der Waals surface area contributed by atoms with E-state index in [0.29, 0.717) is 33.3 Å². The lowest BCUT2D eigenvalue weighted by molar-refractivity contribution is 0.324. The Bertz CT molecular complexity index is 1290. The van der Waals surface area contributed by atoms with E-state index in [2.05, 4.69) is 0 Å². The van der Waals surface area contributed by atoms with E-state index >= 15 is 0 Å². The number of hydrogen-bond acceptors (Lipinski definition) is 7. The summed E-state index contributed by atoms with van der Waals surface area (Å²) in [6.07, 6.45) is 0. The van der Waals surface area contributed by atoms with Gasteiger partial charge in [0.2, 0.25) is 15.8 Å². The Kier molecular flexibility index (Phi) is 9.00. The van der Waals surface area contributed by atoms with Crippen LogP contribution in [0.4, 0.5) is 5.69 Å². The third-order valence-corrected chi connectivity index (χ3v) is 8.00. The fourth-order valence-electron chi connectivity index (χ4n) is 3.03. The van der Waals surface area contributed by atoms with Crippen molar-refractivity contribution < 1.29 is 22.6 Å². The van der Waals surface area contributed by atoms with Gasteiger partial charge >= 0.3 is 0 Å². The minimum absolute atomic E-state index is 0. The fraction of sp³-hybridized carbons (Fsp3) is 0.286. The first kappa shape index (κ1) is 27.2. The van der Waals surface area contributed by atoms with Crippen molar-refractivity contribution in [2.75, 3.05) is 35.4 Å². The molecule has 0 unspecified atom stereocenters. The molecule has 2 aromatic carbocycles. The highest BCUT2D eigenvalue weighted by atomic mass is 79.9. The molecular formula is C21H25BrClN3O5S2. The molecule has 0 radical (unpaired) electrons. The zero-order chi connectivity index (χ0) is 23.6. The topological polar surface area (TPSA) is 82.4 Å². The highest BCUT2D eigenvalue weighted by molar-refractivity contribution is 8.93. The van der Waals surface area contributed by atoms with Crippen LogP contribution in [0.2, 0.25) is 5.02 Å².